The largest absolute Gasteiger partial charge is 0.0888 e. The van der Waals surface area contributed by atoms with E-state index in [1.165, 1.54) is 6.42 Å². The first kappa shape index (κ1) is 14.3. The van der Waals surface area contributed by atoms with Gasteiger partial charge in [-0.15, -0.1) is 0 Å². The van der Waals surface area contributed by atoms with E-state index in [2.05, 4.69) is 29.8 Å². The SMILES string of the molecule is CC(C)C(Br)CCCc1cccc(Cl)c1Cl. The van der Waals surface area contributed by atoms with Gasteiger partial charge in [0.2, 0.25) is 0 Å². The second-order valence-electron chi connectivity index (χ2n) is 4.37. The van der Waals surface area contributed by atoms with Gasteiger partial charge in [-0.05, 0) is 36.8 Å². The van der Waals surface area contributed by atoms with Crippen LogP contribution in [0.15, 0.2) is 18.2 Å². The first-order valence-corrected chi connectivity index (χ1v) is 7.26. The van der Waals surface area contributed by atoms with Crippen molar-refractivity contribution in [2.75, 3.05) is 0 Å². The molecule has 0 aliphatic heterocycles. The molecule has 16 heavy (non-hydrogen) atoms. The quantitative estimate of drug-likeness (QED) is 0.606. The summed E-state index contributed by atoms with van der Waals surface area (Å²) in [6, 6.07) is 5.83. The summed E-state index contributed by atoms with van der Waals surface area (Å²) in [7, 11) is 0. The Morgan fingerprint density at radius 3 is 2.56 bits per heavy atom. The van der Waals surface area contributed by atoms with E-state index in [0.717, 1.165) is 18.4 Å². The summed E-state index contributed by atoms with van der Waals surface area (Å²) in [4.78, 5) is 0.588. The van der Waals surface area contributed by atoms with Crippen LogP contribution in [-0.2, 0) is 6.42 Å². The predicted molar refractivity (Wildman–Crippen MR) is 77.0 cm³/mol. The molecule has 0 aliphatic carbocycles. The van der Waals surface area contributed by atoms with Gasteiger partial charge < -0.3 is 0 Å². The summed E-state index contributed by atoms with van der Waals surface area (Å²) >= 11 is 15.8. The van der Waals surface area contributed by atoms with Crippen molar-refractivity contribution in [3.05, 3.63) is 33.8 Å². The lowest BCUT2D eigenvalue weighted by atomic mass is 10.0. The first-order valence-electron chi connectivity index (χ1n) is 5.59. The molecule has 1 aromatic carbocycles. The fraction of sp³-hybridized carbons (Fsp3) is 0.538. The Kier molecular flexibility index (Phi) is 6.17. The molecule has 1 unspecified atom stereocenters. The smallest absolute Gasteiger partial charge is 0.0624 e. The molecule has 0 N–H and O–H groups in total. The summed E-state index contributed by atoms with van der Waals surface area (Å²) in [5.74, 6) is 0.676. The van der Waals surface area contributed by atoms with Gasteiger partial charge in [0.15, 0.2) is 0 Å². The van der Waals surface area contributed by atoms with Gasteiger partial charge in [-0.25, -0.2) is 0 Å². The van der Waals surface area contributed by atoms with Crippen LogP contribution in [0.2, 0.25) is 10.0 Å². The molecule has 0 saturated heterocycles. The minimum Gasteiger partial charge on any atom is -0.0888 e. The van der Waals surface area contributed by atoms with Crippen LogP contribution in [0.4, 0.5) is 0 Å². The molecule has 3 heteroatoms. The number of alkyl halides is 1. The van der Waals surface area contributed by atoms with Gasteiger partial charge in [0.1, 0.15) is 0 Å². The molecule has 0 saturated carbocycles. The van der Waals surface area contributed by atoms with Crippen LogP contribution in [0.3, 0.4) is 0 Å². The van der Waals surface area contributed by atoms with E-state index in [1.807, 2.05) is 18.2 Å². The molecular formula is C13H17BrCl2. The number of benzene rings is 1. The Hall–Kier alpha value is 0.280. The van der Waals surface area contributed by atoms with Crippen LogP contribution in [-0.4, -0.2) is 4.83 Å². The third-order valence-corrected chi connectivity index (χ3v) is 5.05. The fourth-order valence-electron chi connectivity index (χ4n) is 1.56. The maximum absolute atomic E-state index is 6.13. The fourth-order valence-corrected chi connectivity index (χ4v) is 2.30. The molecule has 0 nitrogen and oxygen atoms in total. The monoisotopic (exact) mass is 322 g/mol. The summed E-state index contributed by atoms with van der Waals surface area (Å²) in [6.07, 6.45) is 3.29. The highest BCUT2D eigenvalue weighted by Crippen LogP contribution is 2.27. The minimum absolute atomic E-state index is 0.588. The van der Waals surface area contributed by atoms with E-state index in [-0.39, 0.29) is 0 Å². The van der Waals surface area contributed by atoms with Crippen LogP contribution in [0, 0.1) is 5.92 Å². The maximum Gasteiger partial charge on any atom is 0.0624 e. The van der Waals surface area contributed by atoms with Crippen LogP contribution >= 0.6 is 39.1 Å². The minimum atomic E-state index is 0.588. The zero-order valence-corrected chi connectivity index (χ0v) is 12.7. The van der Waals surface area contributed by atoms with Gasteiger partial charge in [-0.2, -0.15) is 0 Å². The second kappa shape index (κ2) is 6.88. The van der Waals surface area contributed by atoms with Gasteiger partial charge in [-0.3, -0.25) is 0 Å². The van der Waals surface area contributed by atoms with Crippen LogP contribution in [0.5, 0.6) is 0 Å². The van der Waals surface area contributed by atoms with Crippen molar-refractivity contribution in [1.82, 2.24) is 0 Å². The van der Waals surface area contributed by atoms with Crippen molar-refractivity contribution >= 4 is 39.1 Å². The molecule has 0 aromatic heterocycles. The zero-order valence-electron chi connectivity index (χ0n) is 9.64. The van der Waals surface area contributed by atoms with Gasteiger partial charge in [-0.1, -0.05) is 65.1 Å². The van der Waals surface area contributed by atoms with E-state index in [0.29, 0.717) is 20.8 Å². The van der Waals surface area contributed by atoms with Crippen molar-refractivity contribution in [3.63, 3.8) is 0 Å². The van der Waals surface area contributed by atoms with E-state index in [4.69, 9.17) is 23.2 Å². The summed E-state index contributed by atoms with van der Waals surface area (Å²) < 4.78 is 0. The molecule has 0 bridgehead atoms. The third kappa shape index (κ3) is 4.27. The predicted octanol–water partition coefficient (Wildman–Crippen LogP) is 5.74. The average Bonchev–Trinajstić information content (AvgIpc) is 2.24. The van der Waals surface area contributed by atoms with Crippen LogP contribution in [0.25, 0.3) is 0 Å². The van der Waals surface area contributed by atoms with Gasteiger partial charge in [0, 0.05) is 4.83 Å². The zero-order chi connectivity index (χ0) is 12.1. The highest BCUT2D eigenvalue weighted by Gasteiger charge is 2.09. The standard InChI is InChI=1S/C13H17BrCl2/c1-9(2)11(14)7-3-5-10-6-4-8-12(15)13(10)16/h4,6,8-9,11H,3,5,7H2,1-2H3. The lowest BCUT2D eigenvalue weighted by Crippen LogP contribution is -2.07. The molecule has 0 amide bonds. The van der Waals surface area contributed by atoms with Crippen molar-refractivity contribution in [1.29, 1.82) is 0 Å². The summed E-state index contributed by atoms with van der Waals surface area (Å²) in [5, 5.41) is 1.36. The highest BCUT2D eigenvalue weighted by atomic mass is 79.9. The molecule has 1 atom stereocenters. The van der Waals surface area contributed by atoms with E-state index in [1.54, 1.807) is 0 Å². The van der Waals surface area contributed by atoms with Crippen molar-refractivity contribution in [2.45, 2.75) is 37.9 Å². The van der Waals surface area contributed by atoms with E-state index >= 15 is 0 Å². The Morgan fingerprint density at radius 1 is 1.25 bits per heavy atom. The molecule has 0 radical (unpaired) electrons. The molecule has 90 valence electrons. The van der Waals surface area contributed by atoms with Crippen molar-refractivity contribution < 1.29 is 0 Å². The summed E-state index contributed by atoms with van der Waals surface area (Å²) in [6.45, 7) is 4.46. The lowest BCUT2D eigenvalue weighted by molar-refractivity contribution is 0.562. The Balaban J connectivity index is 2.46. The third-order valence-electron chi connectivity index (χ3n) is 2.68. The molecule has 0 fully saturated rings. The molecule has 1 rings (SSSR count). The van der Waals surface area contributed by atoms with Crippen molar-refractivity contribution in [2.24, 2.45) is 5.92 Å². The average molecular weight is 324 g/mol. The number of hydrogen-bond acceptors (Lipinski definition) is 0. The van der Waals surface area contributed by atoms with Crippen LogP contribution < -0.4 is 0 Å². The number of rotatable bonds is 5. The molecule has 0 aliphatic rings. The summed E-state index contributed by atoms with van der Waals surface area (Å²) in [5.41, 5.74) is 1.15. The molecule has 0 heterocycles. The highest BCUT2D eigenvalue weighted by molar-refractivity contribution is 9.09. The van der Waals surface area contributed by atoms with E-state index < -0.39 is 0 Å². The molecule has 0 spiro atoms. The van der Waals surface area contributed by atoms with E-state index in [9.17, 15) is 0 Å². The van der Waals surface area contributed by atoms with Gasteiger partial charge >= 0.3 is 0 Å². The lowest BCUT2D eigenvalue weighted by Gasteiger charge is -2.13. The maximum atomic E-state index is 6.13. The van der Waals surface area contributed by atoms with Gasteiger partial charge in [0.05, 0.1) is 10.0 Å². The Bertz CT molecular complexity index is 337. The Labute approximate surface area is 116 Å². The normalized spacial score (nSPS) is 13.1. The van der Waals surface area contributed by atoms with Gasteiger partial charge in [0.25, 0.3) is 0 Å². The number of halogens is 3. The second-order valence-corrected chi connectivity index (χ2v) is 6.33. The van der Waals surface area contributed by atoms with Crippen LogP contribution in [0.1, 0.15) is 32.3 Å². The van der Waals surface area contributed by atoms with Crippen molar-refractivity contribution in [3.8, 4) is 0 Å². The number of aryl methyl sites for hydroxylation is 1. The topological polar surface area (TPSA) is 0 Å². The molecule has 1 aromatic rings. The molecular weight excluding hydrogens is 307 g/mol. The first-order chi connectivity index (χ1) is 7.52. The number of hydrogen-bond donors (Lipinski definition) is 0. The Morgan fingerprint density at radius 2 is 1.94 bits per heavy atom.